The van der Waals surface area contributed by atoms with Gasteiger partial charge in [-0.15, -0.1) is 24.0 Å². The molecule has 2 N–H and O–H groups in total. The first-order chi connectivity index (χ1) is 12.5. The maximum Gasteiger partial charge on any atom is 0.191 e. The van der Waals surface area contributed by atoms with Crippen molar-refractivity contribution in [3.63, 3.8) is 0 Å². The van der Waals surface area contributed by atoms with E-state index in [-0.39, 0.29) is 36.3 Å². The van der Waals surface area contributed by atoms with E-state index in [0.717, 1.165) is 10.2 Å². The van der Waals surface area contributed by atoms with Gasteiger partial charge in [-0.3, -0.25) is 4.99 Å². The Morgan fingerprint density at radius 3 is 2.30 bits per heavy atom. The van der Waals surface area contributed by atoms with Gasteiger partial charge in [-0.1, -0.05) is 34.1 Å². The highest BCUT2D eigenvalue weighted by Gasteiger charge is 2.14. The van der Waals surface area contributed by atoms with Gasteiger partial charge in [0.05, 0.1) is 17.2 Å². The summed E-state index contributed by atoms with van der Waals surface area (Å²) in [4.78, 5) is 4.38. The van der Waals surface area contributed by atoms with E-state index in [1.54, 1.807) is 31.3 Å². The van der Waals surface area contributed by atoms with Crippen molar-refractivity contribution in [2.45, 2.75) is 4.90 Å². The molecule has 2 aromatic rings. The minimum Gasteiger partial charge on any atom is -0.492 e. The molecule has 148 valence electrons. The Kier molecular flexibility index (Phi) is 10.7. The van der Waals surface area contributed by atoms with E-state index in [2.05, 4.69) is 31.6 Å². The van der Waals surface area contributed by atoms with Gasteiger partial charge in [0.1, 0.15) is 12.4 Å². The molecule has 0 heterocycles. The second-order valence-electron chi connectivity index (χ2n) is 5.36. The number of para-hydroxylation sites is 1. The van der Waals surface area contributed by atoms with Crippen molar-refractivity contribution in [2.75, 3.05) is 32.5 Å². The Bertz CT molecular complexity index is 816. The van der Waals surface area contributed by atoms with E-state index in [1.807, 2.05) is 30.3 Å². The summed E-state index contributed by atoms with van der Waals surface area (Å²) in [5.41, 5.74) is 0. The molecule has 2 rings (SSSR count). The highest BCUT2D eigenvalue weighted by atomic mass is 127. The third kappa shape index (κ3) is 8.48. The summed E-state index contributed by atoms with van der Waals surface area (Å²) in [6.45, 7) is 1.29. The van der Waals surface area contributed by atoms with E-state index < -0.39 is 9.84 Å². The molecule has 27 heavy (non-hydrogen) atoms. The number of nitrogens with one attached hydrogen (secondary N) is 2. The predicted octanol–water partition coefficient (Wildman–Crippen LogP) is 3.08. The van der Waals surface area contributed by atoms with Crippen LogP contribution >= 0.6 is 39.9 Å². The van der Waals surface area contributed by atoms with Crippen LogP contribution in [0.2, 0.25) is 0 Å². The van der Waals surface area contributed by atoms with Crippen molar-refractivity contribution >= 4 is 55.7 Å². The van der Waals surface area contributed by atoms with Crippen LogP contribution in [0.15, 0.2) is 69.0 Å². The fourth-order valence-electron chi connectivity index (χ4n) is 2.14. The molecule has 0 unspecified atom stereocenters. The van der Waals surface area contributed by atoms with Gasteiger partial charge in [0.25, 0.3) is 0 Å². The lowest BCUT2D eigenvalue weighted by molar-refractivity contribution is 0.322. The van der Waals surface area contributed by atoms with E-state index >= 15 is 0 Å². The maximum atomic E-state index is 12.3. The molecule has 0 aliphatic heterocycles. The molecule has 2 aromatic carbocycles. The third-order valence-corrected chi connectivity index (χ3v) is 5.73. The Morgan fingerprint density at radius 1 is 1.04 bits per heavy atom. The van der Waals surface area contributed by atoms with Crippen molar-refractivity contribution in [3.8, 4) is 5.75 Å². The number of nitrogens with zero attached hydrogens (tertiary/aromatic N) is 1. The summed E-state index contributed by atoms with van der Waals surface area (Å²) in [7, 11) is -1.70. The van der Waals surface area contributed by atoms with Gasteiger partial charge < -0.3 is 15.4 Å². The van der Waals surface area contributed by atoms with Crippen LogP contribution in [-0.4, -0.2) is 46.9 Å². The summed E-state index contributed by atoms with van der Waals surface area (Å²) >= 11 is 3.30. The third-order valence-electron chi connectivity index (χ3n) is 3.47. The number of hydrogen-bond acceptors (Lipinski definition) is 4. The van der Waals surface area contributed by atoms with Gasteiger partial charge in [0, 0.05) is 18.1 Å². The molecule has 0 atom stereocenters. The summed E-state index contributed by atoms with van der Waals surface area (Å²) in [6, 6.07) is 16.1. The number of guanidine groups is 1. The zero-order valence-corrected chi connectivity index (χ0v) is 19.6. The lowest BCUT2D eigenvalue weighted by Crippen LogP contribution is -2.41. The molecular weight excluding hydrogens is 545 g/mol. The average molecular weight is 568 g/mol. The van der Waals surface area contributed by atoms with Crippen LogP contribution in [0.5, 0.6) is 5.75 Å². The van der Waals surface area contributed by atoms with E-state index in [4.69, 9.17) is 4.74 Å². The minimum atomic E-state index is -3.33. The van der Waals surface area contributed by atoms with Crippen LogP contribution in [0, 0.1) is 0 Å². The van der Waals surface area contributed by atoms with Crippen molar-refractivity contribution < 1.29 is 13.2 Å². The quantitative estimate of drug-likeness (QED) is 0.222. The Hall–Kier alpha value is -1.33. The first-order valence-electron chi connectivity index (χ1n) is 8.12. The molecule has 0 bridgehead atoms. The number of sulfone groups is 1. The van der Waals surface area contributed by atoms with Crippen LogP contribution < -0.4 is 15.4 Å². The van der Waals surface area contributed by atoms with Crippen LogP contribution in [0.1, 0.15) is 0 Å². The summed E-state index contributed by atoms with van der Waals surface area (Å²) in [6.07, 6.45) is 0. The zero-order chi connectivity index (χ0) is 18.8. The Labute approximate surface area is 185 Å². The number of benzene rings is 2. The average Bonchev–Trinajstić information content (AvgIpc) is 2.65. The van der Waals surface area contributed by atoms with Gasteiger partial charge in [0.2, 0.25) is 0 Å². The fourth-order valence-corrected chi connectivity index (χ4v) is 3.56. The topological polar surface area (TPSA) is 79.8 Å². The van der Waals surface area contributed by atoms with E-state index in [9.17, 15) is 8.42 Å². The fraction of sp³-hybridized carbons (Fsp3) is 0.278. The molecule has 0 saturated carbocycles. The van der Waals surface area contributed by atoms with E-state index in [0.29, 0.717) is 24.0 Å². The second kappa shape index (κ2) is 12.2. The molecule has 0 saturated heterocycles. The molecule has 0 aromatic heterocycles. The predicted molar refractivity (Wildman–Crippen MR) is 123 cm³/mol. The maximum absolute atomic E-state index is 12.3. The lowest BCUT2D eigenvalue weighted by atomic mass is 10.3. The van der Waals surface area contributed by atoms with Gasteiger partial charge >= 0.3 is 0 Å². The molecule has 0 fully saturated rings. The second-order valence-corrected chi connectivity index (χ2v) is 8.38. The monoisotopic (exact) mass is 567 g/mol. The summed E-state index contributed by atoms with van der Waals surface area (Å²) in [5, 5.41) is 6.09. The van der Waals surface area contributed by atoms with Crippen LogP contribution in [0.3, 0.4) is 0 Å². The van der Waals surface area contributed by atoms with Gasteiger partial charge in [-0.05, 0) is 36.4 Å². The van der Waals surface area contributed by atoms with Crippen molar-refractivity contribution in [1.29, 1.82) is 0 Å². The van der Waals surface area contributed by atoms with Crippen molar-refractivity contribution in [1.82, 2.24) is 10.6 Å². The lowest BCUT2D eigenvalue weighted by Gasteiger charge is -2.12. The molecule has 0 spiro atoms. The first-order valence-corrected chi connectivity index (χ1v) is 10.6. The van der Waals surface area contributed by atoms with Crippen molar-refractivity contribution in [2.24, 2.45) is 4.99 Å². The van der Waals surface area contributed by atoms with Gasteiger partial charge in [-0.2, -0.15) is 0 Å². The standard InChI is InChI=1S/C18H22BrN3O3S.HI/c1-20-18(21-11-13-25-16-5-3-2-4-6-16)22-12-14-26(23,24)17-9-7-15(19)8-10-17;/h2-10H,11-14H2,1H3,(H2,20,21,22);1H. The van der Waals surface area contributed by atoms with Gasteiger partial charge in [0.15, 0.2) is 15.8 Å². The number of ether oxygens (including phenoxy) is 1. The first kappa shape index (κ1) is 23.7. The molecule has 9 heteroatoms. The molecule has 0 aliphatic carbocycles. The van der Waals surface area contributed by atoms with Crippen LogP contribution in [-0.2, 0) is 9.84 Å². The molecule has 0 radical (unpaired) electrons. The Morgan fingerprint density at radius 2 is 1.67 bits per heavy atom. The van der Waals surface area contributed by atoms with Crippen LogP contribution in [0.4, 0.5) is 0 Å². The zero-order valence-electron chi connectivity index (χ0n) is 14.9. The largest absolute Gasteiger partial charge is 0.492 e. The van der Waals surface area contributed by atoms with E-state index in [1.165, 1.54) is 0 Å². The minimum absolute atomic E-state index is 0. The van der Waals surface area contributed by atoms with Crippen LogP contribution in [0.25, 0.3) is 0 Å². The number of hydrogen-bond donors (Lipinski definition) is 2. The number of halogens is 2. The molecule has 0 amide bonds. The molecule has 0 aliphatic rings. The normalized spacial score (nSPS) is 11.4. The van der Waals surface area contributed by atoms with Gasteiger partial charge in [-0.25, -0.2) is 8.42 Å². The smallest absolute Gasteiger partial charge is 0.191 e. The molecular formula is C18H23BrIN3O3S. The highest BCUT2D eigenvalue weighted by molar-refractivity contribution is 14.0. The number of aliphatic imine (C=N–C) groups is 1. The summed E-state index contributed by atoms with van der Waals surface area (Å²) < 4.78 is 31.0. The summed E-state index contributed by atoms with van der Waals surface area (Å²) in [5.74, 6) is 1.32. The Balaban J connectivity index is 0.00000364. The molecule has 6 nitrogen and oxygen atoms in total. The SMILES string of the molecule is CN=C(NCCOc1ccccc1)NCCS(=O)(=O)c1ccc(Br)cc1.I. The highest BCUT2D eigenvalue weighted by Crippen LogP contribution is 2.15. The van der Waals surface area contributed by atoms with Crippen molar-refractivity contribution in [3.05, 3.63) is 59.1 Å². The number of rotatable bonds is 8.